The van der Waals surface area contributed by atoms with Gasteiger partial charge < -0.3 is 20.1 Å². The van der Waals surface area contributed by atoms with Gasteiger partial charge in [0.2, 0.25) is 0 Å². The zero-order valence-electron chi connectivity index (χ0n) is 18.0. The lowest BCUT2D eigenvalue weighted by atomic mass is 9.98. The second-order valence-electron chi connectivity index (χ2n) is 8.41. The number of ketones is 1. The normalized spacial score (nSPS) is 20.0. The summed E-state index contributed by atoms with van der Waals surface area (Å²) in [6.07, 6.45) is 3.71. The molecule has 8 heteroatoms. The van der Waals surface area contributed by atoms with E-state index in [9.17, 15) is 9.18 Å². The van der Waals surface area contributed by atoms with Crippen LogP contribution in [0.3, 0.4) is 0 Å². The number of pyridine rings is 1. The van der Waals surface area contributed by atoms with Gasteiger partial charge in [0.05, 0.1) is 29.8 Å². The maximum Gasteiger partial charge on any atom is 0.146 e. The third-order valence-electron chi connectivity index (χ3n) is 6.06. The molecule has 1 aromatic heterocycles. The Labute approximate surface area is 192 Å². The third kappa shape index (κ3) is 6.04. The molecule has 2 aromatic rings. The number of nitrogens with zero attached hydrogens (tertiary/aromatic N) is 1. The average molecular weight is 462 g/mol. The molecule has 0 unspecified atom stereocenters. The topological polar surface area (TPSA) is 72.5 Å². The highest BCUT2D eigenvalue weighted by Gasteiger charge is 2.22. The molecule has 1 atom stereocenters. The first-order chi connectivity index (χ1) is 15.6. The zero-order chi connectivity index (χ0) is 22.3. The molecule has 0 bridgehead atoms. The van der Waals surface area contributed by atoms with Gasteiger partial charge >= 0.3 is 0 Å². The molecule has 32 heavy (non-hydrogen) atoms. The van der Waals surface area contributed by atoms with E-state index in [0.29, 0.717) is 48.6 Å². The van der Waals surface area contributed by atoms with Crippen molar-refractivity contribution in [2.45, 2.75) is 19.3 Å². The quantitative estimate of drug-likeness (QED) is 0.654. The van der Waals surface area contributed by atoms with Crippen molar-refractivity contribution in [3.63, 3.8) is 0 Å². The summed E-state index contributed by atoms with van der Waals surface area (Å²) in [5, 5.41) is 6.93. The van der Waals surface area contributed by atoms with Gasteiger partial charge in [-0.3, -0.25) is 9.78 Å². The van der Waals surface area contributed by atoms with Gasteiger partial charge in [-0.2, -0.15) is 0 Å². The molecule has 1 aromatic carbocycles. The van der Waals surface area contributed by atoms with Crippen LogP contribution in [0, 0.1) is 17.7 Å². The van der Waals surface area contributed by atoms with Crippen LogP contribution in [-0.2, 0) is 20.7 Å². The van der Waals surface area contributed by atoms with Gasteiger partial charge in [0.1, 0.15) is 11.6 Å². The molecule has 2 aliphatic heterocycles. The van der Waals surface area contributed by atoms with Crippen molar-refractivity contribution in [2.75, 3.05) is 51.4 Å². The van der Waals surface area contributed by atoms with Crippen molar-refractivity contribution in [3.05, 3.63) is 47.0 Å². The monoisotopic (exact) mass is 461 g/mol. The molecule has 2 saturated heterocycles. The first kappa shape index (κ1) is 23.1. The first-order valence-corrected chi connectivity index (χ1v) is 11.5. The fraction of sp³-hybridized carbons (Fsp3) is 0.500. The second kappa shape index (κ2) is 11.2. The minimum atomic E-state index is -0.303. The smallest absolute Gasteiger partial charge is 0.146 e. The highest BCUT2D eigenvalue weighted by molar-refractivity contribution is 6.33. The molecule has 0 spiro atoms. The molecule has 2 N–H and O–H groups in total. The molecule has 0 saturated carbocycles. The Morgan fingerprint density at radius 2 is 2.06 bits per heavy atom. The molecule has 0 aliphatic carbocycles. The van der Waals surface area contributed by atoms with E-state index >= 15 is 0 Å². The van der Waals surface area contributed by atoms with E-state index in [1.54, 1.807) is 18.3 Å². The fourth-order valence-corrected chi connectivity index (χ4v) is 4.28. The third-order valence-corrected chi connectivity index (χ3v) is 6.36. The van der Waals surface area contributed by atoms with Crippen molar-refractivity contribution in [1.82, 2.24) is 10.3 Å². The lowest BCUT2D eigenvalue weighted by Gasteiger charge is -2.23. The molecule has 6 nitrogen and oxygen atoms in total. The Hall–Kier alpha value is -2.06. The van der Waals surface area contributed by atoms with Crippen LogP contribution in [0.4, 0.5) is 10.1 Å². The number of hydrogen-bond acceptors (Lipinski definition) is 6. The average Bonchev–Trinajstić information content (AvgIpc) is 3.10. The van der Waals surface area contributed by atoms with E-state index in [1.807, 2.05) is 6.07 Å². The number of rotatable bonds is 7. The molecule has 2 aliphatic rings. The van der Waals surface area contributed by atoms with Crippen molar-refractivity contribution < 1.29 is 18.7 Å². The van der Waals surface area contributed by atoms with E-state index < -0.39 is 0 Å². The minimum Gasteiger partial charge on any atom is -0.382 e. The number of carbonyl (C=O) groups is 1. The maximum atomic E-state index is 14.4. The first-order valence-electron chi connectivity index (χ1n) is 11.2. The largest absolute Gasteiger partial charge is 0.382 e. The SMILES string of the molecule is O=C(Cc1cc(-c2ccc(F)c(NCC3CCOCC3)c2)c(Cl)cn1)[C@H]1CNCCOC1. The molecular formula is C24H29ClFN3O3. The minimum absolute atomic E-state index is 0.0816. The van der Waals surface area contributed by atoms with Crippen molar-refractivity contribution in [1.29, 1.82) is 0 Å². The van der Waals surface area contributed by atoms with Crippen LogP contribution in [0.5, 0.6) is 0 Å². The number of anilines is 1. The highest BCUT2D eigenvalue weighted by atomic mass is 35.5. The number of ether oxygens (including phenoxy) is 2. The molecule has 0 radical (unpaired) electrons. The van der Waals surface area contributed by atoms with Crippen LogP contribution in [-0.4, -0.2) is 56.8 Å². The van der Waals surface area contributed by atoms with E-state index in [0.717, 1.165) is 43.7 Å². The number of benzene rings is 1. The molecule has 172 valence electrons. The predicted molar refractivity (Wildman–Crippen MR) is 123 cm³/mol. The van der Waals surface area contributed by atoms with Crippen molar-refractivity contribution >= 4 is 23.1 Å². The number of carbonyl (C=O) groups excluding carboxylic acids is 1. The van der Waals surface area contributed by atoms with Gasteiger partial charge in [0, 0.05) is 56.7 Å². The summed E-state index contributed by atoms with van der Waals surface area (Å²) in [6.45, 7) is 4.61. The summed E-state index contributed by atoms with van der Waals surface area (Å²) in [5.74, 6) is 0.0574. The summed E-state index contributed by atoms with van der Waals surface area (Å²) in [6, 6.07) is 6.73. The van der Waals surface area contributed by atoms with E-state index in [-0.39, 0.29) is 23.9 Å². The Kier molecular flexibility index (Phi) is 8.08. The van der Waals surface area contributed by atoms with Crippen LogP contribution in [0.25, 0.3) is 11.1 Å². The van der Waals surface area contributed by atoms with E-state index in [1.165, 1.54) is 6.07 Å². The predicted octanol–water partition coefficient (Wildman–Crippen LogP) is 3.73. The van der Waals surface area contributed by atoms with Crippen LogP contribution in [0.15, 0.2) is 30.5 Å². The molecular weight excluding hydrogens is 433 g/mol. The van der Waals surface area contributed by atoms with Crippen molar-refractivity contribution in [3.8, 4) is 11.1 Å². The highest BCUT2D eigenvalue weighted by Crippen LogP contribution is 2.31. The maximum absolute atomic E-state index is 14.4. The molecule has 3 heterocycles. The second-order valence-corrected chi connectivity index (χ2v) is 8.81. The van der Waals surface area contributed by atoms with Gasteiger partial charge in [-0.1, -0.05) is 17.7 Å². The summed E-state index contributed by atoms with van der Waals surface area (Å²) in [4.78, 5) is 17.1. The van der Waals surface area contributed by atoms with Gasteiger partial charge in [-0.25, -0.2) is 4.39 Å². The van der Waals surface area contributed by atoms with Crippen molar-refractivity contribution in [2.24, 2.45) is 11.8 Å². The van der Waals surface area contributed by atoms with Gasteiger partial charge in [0.15, 0.2) is 0 Å². The molecule has 2 fully saturated rings. The van der Waals surface area contributed by atoms with Crippen LogP contribution < -0.4 is 10.6 Å². The Balaban J connectivity index is 1.48. The zero-order valence-corrected chi connectivity index (χ0v) is 18.8. The summed E-state index contributed by atoms with van der Waals surface area (Å²) >= 11 is 6.42. The summed E-state index contributed by atoms with van der Waals surface area (Å²) in [5.41, 5.74) is 2.59. The number of halogens is 2. The number of hydrogen-bond donors (Lipinski definition) is 2. The number of nitrogens with one attached hydrogen (secondary N) is 2. The lowest BCUT2D eigenvalue weighted by Crippen LogP contribution is -2.30. The standard InChI is InChI=1S/C24H29ClFN3O3/c25-21-14-28-19(11-24(30)18-13-27-5-8-32-15-18)10-20(21)17-1-2-22(26)23(9-17)29-12-16-3-6-31-7-4-16/h1-2,9-10,14,16,18,27,29H,3-8,11-13,15H2/t18-/m0/s1. The Morgan fingerprint density at radius 3 is 2.91 bits per heavy atom. The van der Waals surface area contributed by atoms with Gasteiger partial charge in [-0.15, -0.1) is 0 Å². The Bertz CT molecular complexity index is 929. The van der Waals surface area contributed by atoms with Crippen LogP contribution in [0.1, 0.15) is 18.5 Å². The number of aromatic nitrogens is 1. The van der Waals surface area contributed by atoms with Crippen LogP contribution >= 0.6 is 11.6 Å². The van der Waals surface area contributed by atoms with Gasteiger partial charge in [-0.05, 0) is 42.5 Å². The fourth-order valence-electron chi connectivity index (χ4n) is 4.07. The van der Waals surface area contributed by atoms with E-state index in [4.69, 9.17) is 21.1 Å². The lowest BCUT2D eigenvalue weighted by molar-refractivity contribution is -0.123. The van der Waals surface area contributed by atoms with E-state index in [2.05, 4.69) is 15.6 Å². The molecule has 4 rings (SSSR count). The Morgan fingerprint density at radius 1 is 1.22 bits per heavy atom. The summed E-state index contributed by atoms with van der Waals surface area (Å²) in [7, 11) is 0. The molecule has 0 amide bonds. The number of Topliss-reactive ketones (excluding diaryl/α,β-unsaturated/α-hetero) is 1. The van der Waals surface area contributed by atoms with Crippen LogP contribution in [0.2, 0.25) is 5.02 Å². The summed E-state index contributed by atoms with van der Waals surface area (Å²) < 4.78 is 25.3. The van der Waals surface area contributed by atoms with Gasteiger partial charge in [0.25, 0.3) is 0 Å².